The predicted octanol–water partition coefficient (Wildman–Crippen LogP) is 3.96. The summed E-state index contributed by atoms with van der Waals surface area (Å²) in [6.45, 7) is 4.00. The number of carbonyl (C=O) groups is 1. The standard InChI is InChI=1S/C9H5F4O.C2H6.Y/c10-8(11)9(12,13)7(14)6-4-2-1-3-5-6;1-2;/h1-5H;1-2H3;/q-1;;. The summed E-state index contributed by atoms with van der Waals surface area (Å²) in [6, 6.07) is 6.24. The van der Waals surface area contributed by atoms with Crippen molar-refractivity contribution in [3.8, 4) is 0 Å². The van der Waals surface area contributed by atoms with Crippen molar-refractivity contribution < 1.29 is 55.1 Å². The second-order valence-corrected chi connectivity index (χ2v) is 2.53. The van der Waals surface area contributed by atoms with E-state index >= 15 is 0 Å². The average molecular weight is 324 g/mol. The third-order valence-electron chi connectivity index (χ3n) is 1.56. The summed E-state index contributed by atoms with van der Waals surface area (Å²) >= 11 is 0. The normalized spacial score (nSPS) is 10.1. The van der Waals surface area contributed by atoms with Crippen LogP contribution in [0, 0.1) is 6.43 Å². The minimum Gasteiger partial charge on any atom is -0.415 e. The van der Waals surface area contributed by atoms with Crippen LogP contribution in [-0.4, -0.2) is 11.7 Å². The molecule has 0 heterocycles. The van der Waals surface area contributed by atoms with Crippen molar-refractivity contribution in [2.75, 3.05) is 0 Å². The van der Waals surface area contributed by atoms with Crippen molar-refractivity contribution in [2.24, 2.45) is 0 Å². The van der Waals surface area contributed by atoms with Gasteiger partial charge in [0, 0.05) is 38.3 Å². The summed E-state index contributed by atoms with van der Waals surface area (Å²) in [5.74, 6) is -6.58. The van der Waals surface area contributed by atoms with E-state index < -0.39 is 23.7 Å². The van der Waals surface area contributed by atoms with E-state index in [0.717, 1.165) is 12.1 Å². The molecule has 0 amide bonds. The van der Waals surface area contributed by atoms with Gasteiger partial charge in [-0.05, 0) is 0 Å². The van der Waals surface area contributed by atoms with E-state index in [0.29, 0.717) is 0 Å². The molecule has 1 nitrogen and oxygen atoms in total. The van der Waals surface area contributed by atoms with E-state index in [1.807, 2.05) is 13.8 Å². The van der Waals surface area contributed by atoms with Gasteiger partial charge >= 0.3 is 0 Å². The van der Waals surface area contributed by atoms with Crippen LogP contribution in [0.1, 0.15) is 24.2 Å². The molecule has 0 aliphatic heterocycles. The Bertz CT molecular complexity index is 328. The van der Waals surface area contributed by atoms with E-state index in [1.54, 1.807) is 0 Å². The summed E-state index contributed by atoms with van der Waals surface area (Å²) in [5.41, 5.74) is -0.440. The van der Waals surface area contributed by atoms with Gasteiger partial charge in [0.25, 0.3) is 5.92 Å². The summed E-state index contributed by atoms with van der Waals surface area (Å²) in [7, 11) is 0. The summed E-state index contributed by atoms with van der Waals surface area (Å²) < 4.78 is 48.4. The van der Waals surface area contributed by atoms with Crippen LogP contribution in [0.2, 0.25) is 0 Å². The first-order chi connectivity index (χ1) is 7.46. The maximum atomic E-state index is 12.5. The summed E-state index contributed by atoms with van der Waals surface area (Å²) in [4.78, 5) is 10.9. The second kappa shape index (κ2) is 8.75. The Morgan fingerprint density at radius 1 is 1.12 bits per heavy atom. The van der Waals surface area contributed by atoms with Crippen molar-refractivity contribution in [2.45, 2.75) is 19.8 Å². The van der Waals surface area contributed by atoms with Crippen molar-refractivity contribution in [3.05, 3.63) is 42.3 Å². The maximum Gasteiger partial charge on any atom is 0.250 e. The molecule has 0 atom stereocenters. The van der Waals surface area contributed by atoms with E-state index in [-0.39, 0.29) is 32.7 Å². The Kier molecular flexibility index (Phi) is 9.82. The zero-order chi connectivity index (χ0) is 12.8. The first-order valence-electron chi connectivity index (χ1n) is 4.62. The van der Waals surface area contributed by atoms with E-state index in [4.69, 9.17) is 0 Å². The maximum absolute atomic E-state index is 12.5. The van der Waals surface area contributed by atoms with Gasteiger partial charge in [0.05, 0.1) is 6.43 Å². The Labute approximate surface area is 122 Å². The number of benzene rings is 1. The first kappa shape index (κ1) is 19.1. The van der Waals surface area contributed by atoms with E-state index in [2.05, 4.69) is 0 Å². The Morgan fingerprint density at radius 2 is 1.53 bits per heavy atom. The quantitative estimate of drug-likeness (QED) is 0.467. The Hall–Kier alpha value is -0.286. The van der Waals surface area contributed by atoms with Gasteiger partial charge in [-0.15, -0.1) is 0 Å². The zero-order valence-corrected chi connectivity index (χ0v) is 12.2. The van der Waals surface area contributed by atoms with Crippen molar-refractivity contribution in [1.29, 1.82) is 0 Å². The van der Waals surface area contributed by atoms with Crippen LogP contribution in [0.3, 0.4) is 0 Å². The fourth-order valence-corrected chi connectivity index (χ4v) is 0.857. The molecule has 1 radical (unpaired) electrons. The molecule has 0 N–H and O–H groups in total. The first-order valence-corrected chi connectivity index (χ1v) is 4.62. The van der Waals surface area contributed by atoms with Crippen molar-refractivity contribution in [1.82, 2.24) is 0 Å². The molecule has 1 aromatic rings. The molecular weight excluding hydrogens is 313 g/mol. The number of alkyl halides is 2. The summed E-state index contributed by atoms with van der Waals surface area (Å²) in [5, 5.41) is 0. The number of hydrogen-bond donors (Lipinski definition) is 0. The molecule has 0 unspecified atom stereocenters. The Morgan fingerprint density at radius 3 is 1.88 bits per heavy atom. The van der Waals surface area contributed by atoms with E-state index in [9.17, 15) is 22.4 Å². The molecule has 0 saturated carbocycles. The molecule has 0 fully saturated rings. The minimum absolute atomic E-state index is 0. The number of Topliss-reactive ketones (excluding diaryl/α,β-unsaturated/α-hetero) is 1. The van der Waals surface area contributed by atoms with Crippen LogP contribution in [0.5, 0.6) is 0 Å². The molecule has 0 aliphatic carbocycles. The smallest absolute Gasteiger partial charge is 0.250 e. The van der Waals surface area contributed by atoms with Gasteiger partial charge in [-0.2, -0.15) is 0 Å². The predicted molar refractivity (Wildman–Crippen MR) is 52.5 cm³/mol. The van der Waals surface area contributed by atoms with Gasteiger partial charge < -0.3 is 8.78 Å². The second-order valence-electron chi connectivity index (χ2n) is 2.53. The molecule has 0 saturated heterocycles. The van der Waals surface area contributed by atoms with Crippen molar-refractivity contribution in [3.63, 3.8) is 0 Å². The van der Waals surface area contributed by atoms with Crippen LogP contribution in [0.25, 0.3) is 0 Å². The monoisotopic (exact) mass is 324 g/mol. The van der Waals surface area contributed by atoms with Crippen molar-refractivity contribution >= 4 is 5.78 Å². The minimum atomic E-state index is -4.69. The van der Waals surface area contributed by atoms with Gasteiger partial charge in [0.2, 0.25) is 5.78 Å². The number of ketones is 1. The molecule has 17 heavy (non-hydrogen) atoms. The molecule has 1 aromatic carbocycles. The molecule has 0 bridgehead atoms. The van der Waals surface area contributed by atoms with Crippen LogP contribution in [-0.2, 0) is 32.7 Å². The number of rotatable bonds is 3. The van der Waals surface area contributed by atoms with Gasteiger partial charge in [0.15, 0.2) is 0 Å². The van der Waals surface area contributed by atoms with Gasteiger partial charge in [-0.25, -0.2) is 8.78 Å². The van der Waals surface area contributed by atoms with Gasteiger partial charge in [0.1, 0.15) is 0 Å². The Balaban J connectivity index is 0. The third kappa shape index (κ3) is 5.26. The average Bonchev–Trinajstić information content (AvgIpc) is 2.31. The third-order valence-corrected chi connectivity index (χ3v) is 1.56. The SMILES string of the molecule is CC.O=C(c1ccccc1)C(F)(F)[C-](F)F.[Y]. The molecule has 6 heteroatoms. The molecule has 0 aliphatic rings. The topological polar surface area (TPSA) is 17.1 Å². The largest absolute Gasteiger partial charge is 0.415 e. The molecule has 1 rings (SSSR count). The fourth-order valence-electron chi connectivity index (χ4n) is 0.857. The number of carbonyl (C=O) groups excluding carboxylic acids is 1. The fraction of sp³-hybridized carbons (Fsp3) is 0.273. The van der Waals surface area contributed by atoms with Crippen LogP contribution < -0.4 is 0 Å². The molecule has 0 spiro atoms. The van der Waals surface area contributed by atoms with Gasteiger partial charge in [-0.3, -0.25) is 4.79 Å². The number of hydrogen-bond acceptors (Lipinski definition) is 1. The molecular formula is C11H11F4OY-. The zero-order valence-electron chi connectivity index (χ0n) is 9.38. The number of halogens is 4. The van der Waals surface area contributed by atoms with Crippen LogP contribution in [0.4, 0.5) is 17.6 Å². The molecule has 0 aromatic heterocycles. The van der Waals surface area contributed by atoms with Crippen LogP contribution in [0.15, 0.2) is 30.3 Å². The van der Waals surface area contributed by atoms with Crippen LogP contribution >= 0.6 is 0 Å². The van der Waals surface area contributed by atoms with Gasteiger partial charge in [-0.1, -0.05) is 44.2 Å². The molecule has 93 valence electrons. The van der Waals surface area contributed by atoms with E-state index in [1.165, 1.54) is 18.2 Å². The summed E-state index contributed by atoms with van der Waals surface area (Å²) in [6.07, 6.45) is -3.19.